The summed E-state index contributed by atoms with van der Waals surface area (Å²) < 4.78 is 15.1. The van der Waals surface area contributed by atoms with Crippen LogP contribution in [0.2, 0.25) is 5.02 Å². The van der Waals surface area contributed by atoms with Crippen molar-refractivity contribution in [3.05, 3.63) is 33.1 Å². The largest absolute Gasteiger partial charge is 0.477 e. The van der Waals surface area contributed by atoms with E-state index < -0.39 is 11.4 Å². The molecule has 8 nitrogen and oxygen atoms in total. The molecule has 0 radical (unpaired) electrons. The SMILES string of the molecule is COC1CCC(Oc2nn3c(c2Cl)-c2cc(=O)c(C(=O)O)cn2[C@H](C(C)(C)C)C3)C1. The quantitative estimate of drug-likeness (QED) is 0.788. The van der Waals surface area contributed by atoms with Gasteiger partial charge in [-0.2, -0.15) is 0 Å². The van der Waals surface area contributed by atoms with Crippen molar-refractivity contribution < 1.29 is 19.4 Å². The fourth-order valence-corrected chi connectivity index (χ4v) is 4.63. The topological polar surface area (TPSA) is 95.6 Å². The molecule has 0 aromatic carbocycles. The number of fused-ring (bicyclic) bond motifs is 3. The number of methoxy groups -OCH3 is 1. The summed E-state index contributed by atoms with van der Waals surface area (Å²) in [4.78, 5) is 24.0. The molecule has 0 spiro atoms. The number of hydrogen-bond acceptors (Lipinski definition) is 5. The molecule has 1 saturated carbocycles. The number of nitrogens with zero attached hydrogens (tertiary/aromatic N) is 3. The van der Waals surface area contributed by atoms with E-state index in [1.54, 1.807) is 11.8 Å². The summed E-state index contributed by atoms with van der Waals surface area (Å²) in [7, 11) is 1.70. The molecule has 2 aromatic rings. The first-order valence-corrected chi connectivity index (χ1v) is 10.4. The van der Waals surface area contributed by atoms with Crippen LogP contribution in [0.15, 0.2) is 17.1 Å². The van der Waals surface area contributed by atoms with Crippen molar-refractivity contribution in [1.29, 1.82) is 0 Å². The lowest BCUT2D eigenvalue weighted by atomic mass is 9.85. The van der Waals surface area contributed by atoms with E-state index in [0.717, 1.165) is 19.3 Å². The zero-order valence-corrected chi connectivity index (χ0v) is 18.3. The van der Waals surface area contributed by atoms with Gasteiger partial charge in [-0.05, 0) is 18.3 Å². The molecule has 1 aliphatic carbocycles. The van der Waals surface area contributed by atoms with Gasteiger partial charge in [-0.15, -0.1) is 5.10 Å². The Hall–Kier alpha value is -2.32. The van der Waals surface area contributed by atoms with Gasteiger partial charge in [0.2, 0.25) is 0 Å². The molecule has 3 atom stereocenters. The van der Waals surface area contributed by atoms with Gasteiger partial charge in [0.05, 0.1) is 24.4 Å². The predicted octanol–water partition coefficient (Wildman–Crippen LogP) is 3.61. The maximum atomic E-state index is 12.5. The van der Waals surface area contributed by atoms with Gasteiger partial charge < -0.3 is 19.1 Å². The van der Waals surface area contributed by atoms with Crippen molar-refractivity contribution in [3.8, 4) is 17.3 Å². The highest BCUT2D eigenvalue weighted by molar-refractivity contribution is 6.34. The molecular formula is C21H26ClN3O5. The number of rotatable bonds is 4. The predicted molar refractivity (Wildman–Crippen MR) is 111 cm³/mol. The average Bonchev–Trinajstić information content (AvgIpc) is 3.24. The van der Waals surface area contributed by atoms with Crippen LogP contribution in [-0.2, 0) is 11.3 Å². The number of ether oxygens (including phenoxy) is 2. The van der Waals surface area contributed by atoms with Crippen LogP contribution >= 0.6 is 11.6 Å². The van der Waals surface area contributed by atoms with E-state index in [9.17, 15) is 14.7 Å². The first-order chi connectivity index (χ1) is 14.1. The van der Waals surface area contributed by atoms with Gasteiger partial charge in [0, 0.05) is 25.8 Å². The highest BCUT2D eigenvalue weighted by Crippen LogP contribution is 2.44. The molecule has 30 heavy (non-hydrogen) atoms. The number of carboxylic acid groups (broad SMARTS) is 1. The summed E-state index contributed by atoms with van der Waals surface area (Å²) in [5.74, 6) is -0.907. The zero-order valence-electron chi connectivity index (χ0n) is 17.5. The van der Waals surface area contributed by atoms with Gasteiger partial charge in [-0.1, -0.05) is 32.4 Å². The Kier molecular flexibility index (Phi) is 5.18. The molecule has 0 bridgehead atoms. The fourth-order valence-electron chi connectivity index (χ4n) is 4.35. The van der Waals surface area contributed by atoms with E-state index in [1.165, 1.54) is 12.3 Å². The molecule has 1 aliphatic heterocycles. The van der Waals surface area contributed by atoms with Crippen molar-refractivity contribution in [2.24, 2.45) is 5.41 Å². The fraction of sp³-hybridized carbons (Fsp3) is 0.571. The summed E-state index contributed by atoms with van der Waals surface area (Å²) in [5, 5.41) is 14.4. The summed E-state index contributed by atoms with van der Waals surface area (Å²) in [6.45, 7) is 6.69. The van der Waals surface area contributed by atoms with Gasteiger partial charge >= 0.3 is 5.97 Å². The summed E-state index contributed by atoms with van der Waals surface area (Å²) >= 11 is 6.66. The van der Waals surface area contributed by atoms with E-state index in [4.69, 9.17) is 21.1 Å². The normalized spacial score (nSPS) is 23.2. The Balaban J connectivity index is 1.80. The Labute approximate surface area is 179 Å². The minimum atomic E-state index is -1.24. The lowest BCUT2D eigenvalue weighted by Crippen LogP contribution is -2.35. The molecule has 9 heteroatoms. The lowest BCUT2D eigenvalue weighted by molar-refractivity contribution is 0.0693. The Morgan fingerprint density at radius 2 is 2.00 bits per heavy atom. The molecule has 1 N–H and O–H groups in total. The number of aromatic nitrogens is 3. The van der Waals surface area contributed by atoms with Crippen LogP contribution < -0.4 is 10.2 Å². The highest BCUT2D eigenvalue weighted by Gasteiger charge is 2.37. The minimum Gasteiger partial charge on any atom is -0.477 e. The monoisotopic (exact) mass is 435 g/mol. The second-order valence-corrected chi connectivity index (χ2v) is 9.47. The molecule has 1 fully saturated rings. The van der Waals surface area contributed by atoms with Gasteiger partial charge in [-0.3, -0.25) is 9.48 Å². The van der Waals surface area contributed by atoms with Crippen LogP contribution in [0.5, 0.6) is 5.88 Å². The number of halogens is 1. The van der Waals surface area contributed by atoms with Crippen molar-refractivity contribution >= 4 is 17.6 Å². The van der Waals surface area contributed by atoms with Crippen molar-refractivity contribution in [3.63, 3.8) is 0 Å². The summed E-state index contributed by atoms with van der Waals surface area (Å²) in [6, 6.07) is 1.22. The first kappa shape index (κ1) is 20.9. The Morgan fingerprint density at radius 3 is 2.60 bits per heavy atom. The third-order valence-corrected chi connectivity index (χ3v) is 6.39. The third kappa shape index (κ3) is 3.52. The smallest absolute Gasteiger partial charge is 0.341 e. The molecule has 2 unspecified atom stereocenters. The van der Waals surface area contributed by atoms with E-state index in [1.807, 2.05) is 4.57 Å². The molecule has 162 valence electrons. The van der Waals surface area contributed by atoms with Crippen LogP contribution in [0.1, 0.15) is 56.4 Å². The number of carbonyl (C=O) groups is 1. The average molecular weight is 436 g/mol. The van der Waals surface area contributed by atoms with E-state index in [2.05, 4.69) is 25.9 Å². The second-order valence-electron chi connectivity index (χ2n) is 9.09. The Bertz CT molecular complexity index is 1050. The molecule has 2 aliphatic rings. The number of carboxylic acids is 1. The van der Waals surface area contributed by atoms with E-state index in [-0.39, 0.29) is 29.2 Å². The molecule has 4 rings (SSSR count). The lowest BCUT2D eigenvalue weighted by Gasteiger charge is -2.38. The van der Waals surface area contributed by atoms with Crippen LogP contribution in [0.4, 0.5) is 0 Å². The minimum absolute atomic E-state index is 0.0283. The number of aromatic carboxylic acids is 1. The maximum absolute atomic E-state index is 12.5. The molecule has 2 aromatic heterocycles. The Morgan fingerprint density at radius 1 is 1.30 bits per heavy atom. The summed E-state index contributed by atoms with van der Waals surface area (Å²) in [6.07, 6.45) is 4.12. The second kappa shape index (κ2) is 7.42. The van der Waals surface area contributed by atoms with Crippen LogP contribution in [0, 0.1) is 5.41 Å². The van der Waals surface area contributed by atoms with Gasteiger partial charge in [-0.25, -0.2) is 4.79 Å². The van der Waals surface area contributed by atoms with Gasteiger partial charge in [0.25, 0.3) is 5.88 Å². The zero-order chi connectivity index (χ0) is 21.8. The molecular weight excluding hydrogens is 410 g/mol. The molecule has 0 amide bonds. The van der Waals surface area contributed by atoms with E-state index in [0.29, 0.717) is 28.8 Å². The maximum Gasteiger partial charge on any atom is 0.341 e. The number of pyridine rings is 1. The highest BCUT2D eigenvalue weighted by atomic mass is 35.5. The summed E-state index contributed by atoms with van der Waals surface area (Å²) in [5.41, 5.74) is 0.0825. The molecule has 0 saturated heterocycles. The van der Waals surface area contributed by atoms with Crippen LogP contribution in [-0.4, -0.2) is 44.7 Å². The number of hydrogen-bond donors (Lipinski definition) is 1. The van der Waals surface area contributed by atoms with Crippen LogP contribution in [0.3, 0.4) is 0 Å². The van der Waals surface area contributed by atoms with Gasteiger partial charge in [0.15, 0.2) is 5.43 Å². The van der Waals surface area contributed by atoms with E-state index >= 15 is 0 Å². The molecule has 3 heterocycles. The first-order valence-electron chi connectivity index (χ1n) is 10.1. The standard InChI is InChI=1S/C21H26ClN3O5/c1-21(2,3)16-10-25-18(14-8-15(26)13(20(27)28)9-24(14)16)17(22)19(23-25)30-12-6-5-11(7-12)29-4/h8-9,11-12,16H,5-7,10H2,1-4H3,(H,27,28)/t11?,12?,16-/m0/s1. The third-order valence-electron chi connectivity index (χ3n) is 6.05. The van der Waals surface area contributed by atoms with Crippen LogP contribution in [0.25, 0.3) is 11.4 Å². The van der Waals surface area contributed by atoms with Crippen molar-refractivity contribution in [2.75, 3.05) is 7.11 Å². The van der Waals surface area contributed by atoms with Crippen molar-refractivity contribution in [2.45, 2.75) is 64.8 Å². The van der Waals surface area contributed by atoms with Crippen molar-refractivity contribution in [1.82, 2.24) is 14.3 Å². The van der Waals surface area contributed by atoms with Gasteiger partial charge in [0.1, 0.15) is 22.4 Å².